The first kappa shape index (κ1) is 18.5. The Morgan fingerprint density at radius 3 is 2.79 bits per heavy atom. The smallest absolute Gasteiger partial charge is 0.131 e. The van der Waals surface area contributed by atoms with Gasteiger partial charge in [0.1, 0.15) is 11.6 Å². The van der Waals surface area contributed by atoms with Gasteiger partial charge in [-0.25, -0.2) is 9.97 Å². The van der Waals surface area contributed by atoms with E-state index in [1.54, 1.807) is 7.11 Å². The van der Waals surface area contributed by atoms with Crippen molar-refractivity contribution in [1.82, 2.24) is 19.9 Å². The van der Waals surface area contributed by atoms with Crippen LogP contribution in [0.5, 0.6) is 5.75 Å². The van der Waals surface area contributed by atoms with Gasteiger partial charge in [0.2, 0.25) is 0 Å². The van der Waals surface area contributed by atoms with Crippen molar-refractivity contribution in [1.29, 1.82) is 0 Å². The Kier molecular flexibility index (Phi) is 4.94. The van der Waals surface area contributed by atoms with Gasteiger partial charge in [-0.2, -0.15) is 0 Å². The number of hydrogen-bond acceptors (Lipinski definition) is 5. The summed E-state index contributed by atoms with van der Waals surface area (Å²) >= 11 is 6.16. The molecule has 3 heterocycles. The summed E-state index contributed by atoms with van der Waals surface area (Å²) < 4.78 is 5.45. The van der Waals surface area contributed by atoms with E-state index in [0.29, 0.717) is 10.9 Å². The van der Waals surface area contributed by atoms with Crippen LogP contribution < -0.4 is 4.74 Å². The lowest BCUT2D eigenvalue weighted by atomic mass is 10.1. The van der Waals surface area contributed by atoms with Crippen molar-refractivity contribution in [2.24, 2.45) is 0 Å². The van der Waals surface area contributed by atoms with Crippen molar-refractivity contribution < 1.29 is 4.74 Å². The SMILES string of the molecule is COc1ccc(Cl)cc1-c1ccc(CN2CCc3nc(C4CC4)ncc3C2)cn1. The van der Waals surface area contributed by atoms with Crippen LogP contribution in [0.2, 0.25) is 5.02 Å². The van der Waals surface area contributed by atoms with Crippen LogP contribution in [-0.4, -0.2) is 33.5 Å². The van der Waals surface area contributed by atoms with E-state index in [4.69, 9.17) is 21.3 Å². The Bertz CT molecular complexity index is 1030. The molecule has 0 amide bonds. The molecule has 1 fully saturated rings. The summed E-state index contributed by atoms with van der Waals surface area (Å²) in [6.07, 6.45) is 7.46. The molecule has 1 aliphatic carbocycles. The summed E-state index contributed by atoms with van der Waals surface area (Å²) in [6, 6.07) is 9.75. The van der Waals surface area contributed by atoms with E-state index in [9.17, 15) is 0 Å². The summed E-state index contributed by atoms with van der Waals surface area (Å²) in [5.74, 6) is 2.43. The number of fused-ring (bicyclic) bond motifs is 1. The van der Waals surface area contributed by atoms with Gasteiger partial charge in [0.15, 0.2) is 0 Å². The highest BCUT2D eigenvalue weighted by atomic mass is 35.5. The lowest BCUT2D eigenvalue weighted by Crippen LogP contribution is -2.31. The highest BCUT2D eigenvalue weighted by molar-refractivity contribution is 6.30. The van der Waals surface area contributed by atoms with Gasteiger partial charge < -0.3 is 4.74 Å². The normalized spacial score (nSPS) is 16.5. The van der Waals surface area contributed by atoms with Crippen molar-refractivity contribution in [3.05, 3.63) is 70.4 Å². The fraction of sp³-hybridized carbons (Fsp3) is 0.348. The van der Waals surface area contributed by atoms with E-state index in [-0.39, 0.29) is 0 Å². The molecular formula is C23H23ClN4O. The number of benzene rings is 1. The van der Waals surface area contributed by atoms with Crippen molar-refractivity contribution >= 4 is 11.6 Å². The van der Waals surface area contributed by atoms with Crippen molar-refractivity contribution in [2.45, 2.75) is 38.3 Å². The predicted molar refractivity (Wildman–Crippen MR) is 113 cm³/mol. The van der Waals surface area contributed by atoms with Gasteiger partial charge in [0, 0.05) is 66.2 Å². The number of methoxy groups -OCH3 is 1. The van der Waals surface area contributed by atoms with Crippen LogP contribution >= 0.6 is 11.6 Å². The Morgan fingerprint density at radius 2 is 2.03 bits per heavy atom. The van der Waals surface area contributed by atoms with Crippen LogP contribution in [0, 0.1) is 0 Å². The molecule has 5 rings (SSSR count). The maximum absolute atomic E-state index is 6.16. The zero-order valence-electron chi connectivity index (χ0n) is 16.4. The third kappa shape index (κ3) is 3.98. The van der Waals surface area contributed by atoms with Gasteiger partial charge in [-0.3, -0.25) is 9.88 Å². The fourth-order valence-corrected chi connectivity index (χ4v) is 4.05. The second-order valence-corrected chi connectivity index (χ2v) is 8.27. The molecule has 2 aromatic heterocycles. The Morgan fingerprint density at radius 1 is 1.14 bits per heavy atom. The van der Waals surface area contributed by atoms with Crippen LogP contribution in [0.1, 0.15) is 41.4 Å². The molecule has 0 N–H and O–H groups in total. The third-order valence-electron chi connectivity index (χ3n) is 5.64. The lowest BCUT2D eigenvalue weighted by Gasteiger charge is -2.28. The minimum Gasteiger partial charge on any atom is -0.496 e. The largest absolute Gasteiger partial charge is 0.496 e. The Balaban J connectivity index is 1.29. The zero-order valence-corrected chi connectivity index (χ0v) is 17.2. The van der Waals surface area contributed by atoms with E-state index in [1.165, 1.54) is 29.7 Å². The topological polar surface area (TPSA) is 51.1 Å². The first-order chi connectivity index (χ1) is 14.2. The van der Waals surface area contributed by atoms with E-state index in [1.807, 2.05) is 36.7 Å². The number of halogens is 1. The number of rotatable bonds is 5. The zero-order chi connectivity index (χ0) is 19.8. The Labute approximate surface area is 175 Å². The first-order valence-corrected chi connectivity index (χ1v) is 10.4. The number of nitrogens with zero attached hydrogens (tertiary/aromatic N) is 4. The molecule has 0 atom stereocenters. The van der Waals surface area contributed by atoms with E-state index >= 15 is 0 Å². The maximum atomic E-state index is 6.16. The summed E-state index contributed by atoms with van der Waals surface area (Å²) in [5.41, 5.74) is 5.45. The van der Waals surface area contributed by atoms with Gasteiger partial charge in [-0.05, 0) is 42.7 Å². The molecule has 29 heavy (non-hydrogen) atoms. The minimum atomic E-state index is 0.612. The van der Waals surface area contributed by atoms with Crippen LogP contribution in [0.3, 0.4) is 0 Å². The molecular weight excluding hydrogens is 384 g/mol. The number of ether oxygens (including phenoxy) is 1. The van der Waals surface area contributed by atoms with Crippen LogP contribution in [-0.2, 0) is 19.5 Å². The second kappa shape index (κ2) is 7.73. The molecule has 6 heteroatoms. The van der Waals surface area contributed by atoms with E-state index in [0.717, 1.165) is 48.9 Å². The molecule has 148 valence electrons. The maximum Gasteiger partial charge on any atom is 0.131 e. The van der Waals surface area contributed by atoms with E-state index < -0.39 is 0 Å². The predicted octanol–water partition coefficient (Wildman–Crippen LogP) is 4.64. The molecule has 1 aromatic carbocycles. The van der Waals surface area contributed by atoms with Crippen LogP contribution in [0.15, 0.2) is 42.7 Å². The molecule has 0 spiro atoms. The van der Waals surface area contributed by atoms with Crippen LogP contribution in [0.4, 0.5) is 0 Å². The highest BCUT2D eigenvalue weighted by Crippen LogP contribution is 2.38. The molecule has 0 saturated heterocycles. The molecule has 1 saturated carbocycles. The van der Waals surface area contributed by atoms with Crippen molar-refractivity contribution in [2.75, 3.05) is 13.7 Å². The third-order valence-corrected chi connectivity index (χ3v) is 5.88. The average molecular weight is 407 g/mol. The van der Waals surface area contributed by atoms with Crippen LogP contribution in [0.25, 0.3) is 11.3 Å². The van der Waals surface area contributed by atoms with Crippen molar-refractivity contribution in [3.63, 3.8) is 0 Å². The van der Waals surface area contributed by atoms with Gasteiger partial charge in [0.05, 0.1) is 12.8 Å². The molecule has 0 unspecified atom stereocenters. The Hall–Kier alpha value is -2.50. The molecule has 2 aliphatic rings. The lowest BCUT2D eigenvalue weighted by molar-refractivity contribution is 0.242. The van der Waals surface area contributed by atoms with E-state index in [2.05, 4.69) is 20.9 Å². The fourth-order valence-electron chi connectivity index (χ4n) is 3.88. The molecule has 1 aliphatic heterocycles. The standard InChI is InChI=1S/C23H23ClN4O/c1-29-22-7-5-18(24)10-19(22)21-6-2-15(11-25-21)13-28-9-8-20-17(14-28)12-26-23(27-20)16-3-4-16/h2,5-7,10-12,16H,3-4,8-9,13-14H2,1H3. The summed E-state index contributed by atoms with van der Waals surface area (Å²) in [7, 11) is 1.66. The quantitative estimate of drug-likeness (QED) is 0.618. The van der Waals surface area contributed by atoms with Gasteiger partial charge in [-0.15, -0.1) is 0 Å². The summed E-state index contributed by atoms with van der Waals surface area (Å²) in [5, 5.41) is 0.672. The number of pyridine rings is 1. The summed E-state index contributed by atoms with van der Waals surface area (Å²) in [4.78, 5) is 16.5. The summed E-state index contributed by atoms with van der Waals surface area (Å²) in [6.45, 7) is 2.77. The molecule has 3 aromatic rings. The highest BCUT2D eigenvalue weighted by Gasteiger charge is 2.28. The number of aromatic nitrogens is 3. The van der Waals surface area contributed by atoms with Crippen molar-refractivity contribution in [3.8, 4) is 17.0 Å². The number of hydrogen-bond donors (Lipinski definition) is 0. The minimum absolute atomic E-state index is 0.612. The van der Waals surface area contributed by atoms with Gasteiger partial charge >= 0.3 is 0 Å². The second-order valence-electron chi connectivity index (χ2n) is 7.83. The monoisotopic (exact) mass is 406 g/mol. The first-order valence-electron chi connectivity index (χ1n) is 10.1. The average Bonchev–Trinajstić information content (AvgIpc) is 3.59. The van der Waals surface area contributed by atoms with Gasteiger partial charge in [-0.1, -0.05) is 17.7 Å². The molecule has 0 bridgehead atoms. The molecule has 0 radical (unpaired) electrons. The molecule has 5 nitrogen and oxygen atoms in total. The van der Waals surface area contributed by atoms with Gasteiger partial charge in [0.25, 0.3) is 0 Å².